The third kappa shape index (κ3) is 10.2. The van der Waals surface area contributed by atoms with E-state index in [1.54, 1.807) is 0 Å². The van der Waals surface area contributed by atoms with E-state index in [-0.39, 0.29) is 6.42 Å². The standard InChI is InChI=1S/C19H29N7O9/c1-8(27)15(21)18(33)26-11(4-9-6-22-7-23-9)16(31)25-12(5-13(20)28)17(32)24-10(19(34)35)2-3-14(29)30/h6-8,10-12,15,27H,2-5,21H2,1H3,(H2,20,28)(H,22,23)(H,24,32)(H,25,31)(H,26,33)(H,29,30)(H,34,35). The summed E-state index contributed by atoms with van der Waals surface area (Å²) in [5.74, 6) is -6.77. The summed E-state index contributed by atoms with van der Waals surface area (Å²) in [6.07, 6.45) is -0.436. The van der Waals surface area contributed by atoms with Crippen LogP contribution < -0.4 is 27.4 Å². The smallest absolute Gasteiger partial charge is 0.326 e. The molecule has 35 heavy (non-hydrogen) atoms. The molecular formula is C19H29N7O9. The number of aliphatic hydroxyl groups is 1. The average molecular weight is 499 g/mol. The number of nitrogens with two attached hydrogens (primary N) is 2. The third-order valence-corrected chi connectivity index (χ3v) is 4.73. The second-order valence-corrected chi connectivity index (χ2v) is 7.67. The lowest BCUT2D eigenvalue weighted by atomic mass is 10.1. The Morgan fingerprint density at radius 1 is 1.00 bits per heavy atom. The fourth-order valence-corrected chi connectivity index (χ4v) is 2.79. The number of hydrogen-bond acceptors (Lipinski definition) is 9. The first-order valence-electron chi connectivity index (χ1n) is 10.4. The zero-order chi connectivity index (χ0) is 26.7. The largest absolute Gasteiger partial charge is 0.481 e. The van der Waals surface area contributed by atoms with Crippen molar-refractivity contribution < 1.29 is 44.1 Å². The molecule has 0 saturated carbocycles. The van der Waals surface area contributed by atoms with Gasteiger partial charge in [0.05, 0.1) is 18.9 Å². The number of aromatic nitrogens is 2. The highest BCUT2D eigenvalue weighted by Crippen LogP contribution is 2.04. The molecule has 0 spiro atoms. The van der Waals surface area contributed by atoms with Crippen LogP contribution in [-0.2, 0) is 35.2 Å². The minimum absolute atomic E-state index is 0.147. The SMILES string of the molecule is CC(O)C(N)C(=O)NC(Cc1cnc[nH]1)C(=O)NC(CC(N)=O)C(=O)NC(CCC(=O)O)C(=O)O. The van der Waals surface area contributed by atoms with E-state index < -0.39 is 85.1 Å². The highest BCUT2D eigenvalue weighted by atomic mass is 16.4. The zero-order valence-electron chi connectivity index (χ0n) is 18.8. The van der Waals surface area contributed by atoms with E-state index in [0.29, 0.717) is 5.69 Å². The number of imidazole rings is 1. The number of carbonyl (C=O) groups is 6. The van der Waals surface area contributed by atoms with E-state index in [4.69, 9.17) is 16.6 Å². The van der Waals surface area contributed by atoms with Gasteiger partial charge < -0.3 is 47.7 Å². The molecule has 16 heteroatoms. The van der Waals surface area contributed by atoms with Crippen LogP contribution in [0, 0.1) is 0 Å². The lowest BCUT2D eigenvalue weighted by molar-refractivity contribution is -0.143. The predicted molar refractivity (Wildman–Crippen MR) is 116 cm³/mol. The monoisotopic (exact) mass is 499 g/mol. The first kappa shape index (κ1) is 29.0. The van der Waals surface area contributed by atoms with Crippen LogP contribution in [0.15, 0.2) is 12.5 Å². The number of carbonyl (C=O) groups excluding carboxylic acids is 4. The van der Waals surface area contributed by atoms with Crippen molar-refractivity contribution in [3.63, 3.8) is 0 Å². The summed E-state index contributed by atoms with van der Waals surface area (Å²) in [5, 5.41) is 34.1. The van der Waals surface area contributed by atoms with Gasteiger partial charge in [-0.05, 0) is 13.3 Å². The number of amides is 4. The number of carboxylic acids is 2. The van der Waals surface area contributed by atoms with Gasteiger partial charge in [-0.15, -0.1) is 0 Å². The molecule has 11 N–H and O–H groups in total. The molecule has 5 atom stereocenters. The van der Waals surface area contributed by atoms with Gasteiger partial charge in [0.15, 0.2) is 0 Å². The van der Waals surface area contributed by atoms with Gasteiger partial charge in [0, 0.05) is 24.7 Å². The summed E-state index contributed by atoms with van der Waals surface area (Å²) in [5.41, 5.74) is 11.1. The van der Waals surface area contributed by atoms with E-state index in [1.807, 2.05) is 0 Å². The van der Waals surface area contributed by atoms with E-state index >= 15 is 0 Å². The van der Waals surface area contributed by atoms with E-state index in [2.05, 4.69) is 25.9 Å². The van der Waals surface area contributed by atoms with Gasteiger partial charge in [-0.25, -0.2) is 9.78 Å². The zero-order valence-corrected chi connectivity index (χ0v) is 18.8. The minimum Gasteiger partial charge on any atom is -0.481 e. The number of carboxylic acid groups (broad SMARTS) is 2. The van der Waals surface area contributed by atoms with Crippen molar-refractivity contribution in [2.45, 2.75) is 62.9 Å². The Labute approximate surface area is 198 Å². The van der Waals surface area contributed by atoms with Crippen LogP contribution in [0.3, 0.4) is 0 Å². The molecule has 1 rings (SSSR count). The lowest BCUT2D eigenvalue weighted by Crippen LogP contribution is -2.59. The number of nitrogens with one attached hydrogen (secondary N) is 4. The van der Waals surface area contributed by atoms with Crippen LogP contribution in [-0.4, -0.2) is 91.1 Å². The molecule has 16 nitrogen and oxygen atoms in total. The van der Waals surface area contributed by atoms with Gasteiger partial charge >= 0.3 is 11.9 Å². The molecule has 0 aliphatic rings. The molecule has 0 saturated heterocycles. The number of H-pyrrole nitrogens is 1. The van der Waals surface area contributed by atoms with E-state index in [1.165, 1.54) is 19.4 Å². The summed E-state index contributed by atoms with van der Waals surface area (Å²) in [4.78, 5) is 78.0. The maximum atomic E-state index is 12.9. The summed E-state index contributed by atoms with van der Waals surface area (Å²) in [7, 11) is 0. The van der Waals surface area contributed by atoms with Gasteiger partial charge in [0.1, 0.15) is 24.2 Å². The molecule has 0 aliphatic carbocycles. The van der Waals surface area contributed by atoms with Crippen LogP contribution in [0.1, 0.15) is 31.9 Å². The number of aromatic amines is 1. The fourth-order valence-electron chi connectivity index (χ4n) is 2.79. The summed E-state index contributed by atoms with van der Waals surface area (Å²) in [6, 6.07) is -5.98. The number of primary amides is 1. The number of hydrogen-bond donors (Lipinski definition) is 9. The molecule has 194 valence electrons. The maximum Gasteiger partial charge on any atom is 0.326 e. The number of aliphatic hydroxyl groups excluding tert-OH is 1. The normalized spacial score (nSPS) is 15.1. The maximum absolute atomic E-state index is 12.9. The number of nitrogens with zero attached hydrogens (tertiary/aromatic N) is 1. The molecule has 1 aromatic heterocycles. The van der Waals surface area contributed by atoms with Crippen LogP contribution in [0.4, 0.5) is 0 Å². The van der Waals surface area contributed by atoms with Crippen LogP contribution in [0.5, 0.6) is 0 Å². The van der Waals surface area contributed by atoms with Crippen molar-refractivity contribution in [1.29, 1.82) is 0 Å². The molecule has 4 amide bonds. The van der Waals surface area contributed by atoms with Crippen molar-refractivity contribution in [2.24, 2.45) is 11.5 Å². The van der Waals surface area contributed by atoms with E-state index in [0.717, 1.165) is 0 Å². The van der Waals surface area contributed by atoms with Crippen LogP contribution in [0.25, 0.3) is 0 Å². The molecule has 0 fully saturated rings. The van der Waals surface area contributed by atoms with Gasteiger partial charge in [-0.1, -0.05) is 0 Å². The molecule has 0 bridgehead atoms. The second-order valence-electron chi connectivity index (χ2n) is 7.67. The van der Waals surface area contributed by atoms with Gasteiger partial charge in [-0.2, -0.15) is 0 Å². The molecule has 1 aromatic rings. The molecule has 5 unspecified atom stereocenters. The van der Waals surface area contributed by atoms with Crippen molar-refractivity contribution in [2.75, 3.05) is 0 Å². The van der Waals surface area contributed by atoms with Gasteiger partial charge in [-0.3, -0.25) is 24.0 Å². The summed E-state index contributed by atoms with van der Waals surface area (Å²) >= 11 is 0. The first-order chi connectivity index (χ1) is 16.3. The Morgan fingerprint density at radius 3 is 2.06 bits per heavy atom. The average Bonchev–Trinajstić information content (AvgIpc) is 3.27. The Kier molecular flexibility index (Phi) is 11.3. The third-order valence-electron chi connectivity index (χ3n) is 4.73. The highest BCUT2D eigenvalue weighted by molar-refractivity contribution is 5.96. The summed E-state index contributed by atoms with van der Waals surface area (Å²) in [6.45, 7) is 1.27. The molecular weight excluding hydrogens is 470 g/mol. The second kappa shape index (κ2) is 13.6. The topological polar surface area (TPSA) is 280 Å². The van der Waals surface area contributed by atoms with Crippen LogP contribution >= 0.6 is 0 Å². The minimum atomic E-state index is -1.64. The molecule has 0 aliphatic heterocycles. The lowest BCUT2D eigenvalue weighted by Gasteiger charge is -2.25. The number of aliphatic carboxylic acids is 2. The first-order valence-corrected chi connectivity index (χ1v) is 10.4. The van der Waals surface area contributed by atoms with E-state index in [9.17, 15) is 39.0 Å². The molecule has 0 aromatic carbocycles. The Balaban J connectivity index is 3.06. The van der Waals surface area contributed by atoms with Crippen molar-refractivity contribution >= 4 is 35.6 Å². The quantitative estimate of drug-likeness (QED) is 0.112. The Hall–Kier alpha value is -4.05. The van der Waals surface area contributed by atoms with Crippen molar-refractivity contribution in [1.82, 2.24) is 25.9 Å². The summed E-state index contributed by atoms with van der Waals surface area (Å²) < 4.78 is 0. The Morgan fingerprint density at radius 2 is 1.57 bits per heavy atom. The highest BCUT2D eigenvalue weighted by Gasteiger charge is 2.32. The van der Waals surface area contributed by atoms with Crippen LogP contribution in [0.2, 0.25) is 0 Å². The van der Waals surface area contributed by atoms with Crippen molar-refractivity contribution in [3.05, 3.63) is 18.2 Å². The number of rotatable bonds is 15. The van der Waals surface area contributed by atoms with Gasteiger partial charge in [0.25, 0.3) is 0 Å². The molecule has 0 radical (unpaired) electrons. The fraction of sp³-hybridized carbons (Fsp3) is 0.526. The molecule has 1 heterocycles. The van der Waals surface area contributed by atoms with Gasteiger partial charge in [0.2, 0.25) is 23.6 Å². The predicted octanol–water partition coefficient (Wildman–Crippen LogP) is -4.06. The Bertz CT molecular complexity index is 920. The van der Waals surface area contributed by atoms with Crippen molar-refractivity contribution in [3.8, 4) is 0 Å².